The highest BCUT2D eigenvalue weighted by Gasteiger charge is 1.98. The van der Waals surface area contributed by atoms with Crippen LogP contribution in [0.3, 0.4) is 0 Å². The third kappa shape index (κ3) is 3.95. The second-order valence-electron chi connectivity index (χ2n) is 3.21. The van der Waals surface area contributed by atoms with E-state index in [1.54, 1.807) is 0 Å². The van der Waals surface area contributed by atoms with E-state index in [2.05, 4.69) is 5.32 Å². The normalized spacial score (nSPS) is 11.2. The van der Waals surface area contributed by atoms with Crippen LogP contribution < -0.4 is 5.32 Å². The molecule has 0 saturated carbocycles. The summed E-state index contributed by atoms with van der Waals surface area (Å²) in [6, 6.07) is 9.69. The van der Waals surface area contributed by atoms with E-state index in [0.29, 0.717) is 0 Å². The molecule has 1 aromatic rings. The van der Waals surface area contributed by atoms with Crippen LogP contribution >= 0.6 is 0 Å². The molecule has 0 atom stereocenters. The highest BCUT2D eigenvalue weighted by atomic mass is 16.3. The molecule has 80 valence electrons. The number of aliphatic hydroxyl groups excluding tert-OH is 1. The summed E-state index contributed by atoms with van der Waals surface area (Å²) in [5.41, 5.74) is 1.93. The molecule has 0 unspecified atom stereocenters. The van der Waals surface area contributed by atoms with Crippen molar-refractivity contribution in [3.63, 3.8) is 0 Å². The molecule has 0 aliphatic rings. The molecule has 0 heterocycles. The maximum absolute atomic E-state index is 11.3. The second kappa shape index (κ2) is 5.98. The summed E-state index contributed by atoms with van der Waals surface area (Å²) in [5, 5.41) is 11.1. The van der Waals surface area contributed by atoms with Gasteiger partial charge in [0.1, 0.15) is 0 Å². The van der Waals surface area contributed by atoms with Crippen molar-refractivity contribution in [1.29, 1.82) is 0 Å². The molecule has 0 aliphatic carbocycles. The van der Waals surface area contributed by atoms with E-state index < -0.39 is 0 Å². The van der Waals surface area contributed by atoms with E-state index in [4.69, 9.17) is 5.11 Å². The summed E-state index contributed by atoms with van der Waals surface area (Å²) in [4.78, 5) is 11.3. The molecule has 0 fully saturated rings. The molecule has 2 N–H and O–H groups in total. The number of amides is 1. The van der Waals surface area contributed by atoms with Crippen LogP contribution in [-0.2, 0) is 4.79 Å². The number of hydrogen-bond acceptors (Lipinski definition) is 2. The first-order valence-corrected chi connectivity index (χ1v) is 4.86. The minimum absolute atomic E-state index is 0.0377. The lowest BCUT2D eigenvalue weighted by molar-refractivity contribution is -0.116. The van der Waals surface area contributed by atoms with Crippen LogP contribution in [0.2, 0.25) is 0 Å². The maximum atomic E-state index is 11.3. The molecule has 1 amide bonds. The predicted molar refractivity (Wildman–Crippen MR) is 60.2 cm³/mol. The maximum Gasteiger partial charge on any atom is 0.244 e. The van der Waals surface area contributed by atoms with Crippen LogP contribution in [0.25, 0.3) is 5.57 Å². The van der Waals surface area contributed by atoms with Gasteiger partial charge in [-0.05, 0) is 18.1 Å². The molecule has 15 heavy (non-hydrogen) atoms. The number of allylic oxidation sites excluding steroid dienone is 1. The fraction of sp³-hybridized carbons (Fsp3) is 0.250. The van der Waals surface area contributed by atoms with Gasteiger partial charge < -0.3 is 10.4 Å². The number of nitrogens with one attached hydrogen (secondary N) is 1. The summed E-state index contributed by atoms with van der Waals surface area (Å²) in [5.74, 6) is -0.176. The average Bonchev–Trinajstić information content (AvgIpc) is 2.27. The Morgan fingerprint density at radius 2 is 2.07 bits per heavy atom. The lowest BCUT2D eigenvalue weighted by Crippen LogP contribution is -2.24. The Morgan fingerprint density at radius 3 is 2.67 bits per heavy atom. The summed E-state index contributed by atoms with van der Waals surface area (Å²) in [7, 11) is 0. The minimum Gasteiger partial charge on any atom is -0.395 e. The van der Waals surface area contributed by atoms with Gasteiger partial charge >= 0.3 is 0 Å². The van der Waals surface area contributed by atoms with Crippen LogP contribution in [0.15, 0.2) is 36.4 Å². The van der Waals surface area contributed by atoms with Crippen LogP contribution in [0, 0.1) is 0 Å². The second-order valence-corrected chi connectivity index (χ2v) is 3.21. The first-order chi connectivity index (χ1) is 7.24. The predicted octanol–water partition coefficient (Wildman–Crippen LogP) is 1.20. The van der Waals surface area contributed by atoms with Gasteiger partial charge in [0.05, 0.1) is 6.61 Å². The number of benzene rings is 1. The van der Waals surface area contributed by atoms with E-state index >= 15 is 0 Å². The first-order valence-electron chi connectivity index (χ1n) is 4.86. The SMILES string of the molecule is C/C(=C\C(=O)NCCO)c1ccccc1. The summed E-state index contributed by atoms with van der Waals surface area (Å²) < 4.78 is 0. The highest BCUT2D eigenvalue weighted by molar-refractivity contribution is 5.94. The lowest BCUT2D eigenvalue weighted by Gasteiger charge is -2.02. The summed E-state index contributed by atoms with van der Waals surface area (Å²) >= 11 is 0. The third-order valence-corrected chi connectivity index (χ3v) is 1.99. The van der Waals surface area contributed by atoms with Gasteiger partial charge in [-0.25, -0.2) is 0 Å². The number of carbonyl (C=O) groups is 1. The monoisotopic (exact) mass is 205 g/mol. The topological polar surface area (TPSA) is 49.3 Å². The van der Waals surface area contributed by atoms with Gasteiger partial charge in [0, 0.05) is 12.6 Å². The zero-order chi connectivity index (χ0) is 11.1. The Kier molecular flexibility index (Phi) is 4.57. The van der Waals surface area contributed by atoms with Crippen molar-refractivity contribution in [3.05, 3.63) is 42.0 Å². The fourth-order valence-electron chi connectivity index (χ4n) is 1.21. The van der Waals surface area contributed by atoms with Crippen molar-refractivity contribution in [3.8, 4) is 0 Å². The van der Waals surface area contributed by atoms with Crippen molar-refractivity contribution in [2.45, 2.75) is 6.92 Å². The lowest BCUT2D eigenvalue weighted by atomic mass is 10.1. The van der Waals surface area contributed by atoms with Crippen LogP contribution in [0.4, 0.5) is 0 Å². The molecule has 0 aliphatic heterocycles. The van der Waals surface area contributed by atoms with E-state index in [0.717, 1.165) is 11.1 Å². The molecule has 1 rings (SSSR count). The van der Waals surface area contributed by atoms with Crippen molar-refractivity contribution in [2.24, 2.45) is 0 Å². The molecule has 3 heteroatoms. The molecule has 1 aromatic carbocycles. The molecule has 0 spiro atoms. The van der Waals surface area contributed by atoms with Gasteiger partial charge in [-0.3, -0.25) is 4.79 Å². The number of carbonyl (C=O) groups excluding carboxylic acids is 1. The van der Waals surface area contributed by atoms with Crippen LogP contribution in [-0.4, -0.2) is 24.2 Å². The smallest absolute Gasteiger partial charge is 0.244 e. The van der Waals surface area contributed by atoms with Crippen molar-refractivity contribution in [1.82, 2.24) is 5.32 Å². The number of aliphatic hydroxyl groups is 1. The molecule has 0 saturated heterocycles. The Labute approximate surface area is 89.4 Å². The Bertz CT molecular complexity index is 344. The van der Waals surface area contributed by atoms with E-state index in [1.807, 2.05) is 37.3 Å². The fourth-order valence-corrected chi connectivity index (χ4v) is 1.21. The minimum atomic E-state index is -0.176. The van der Waals surface area contributed by atoms with Crippen molar-refractivity contribution in [2.75, 3.05) is 13.2 Å². The number of hydrogen-bond donors (Lipinski definition) is 2. The molecular formula is C12H15NO2. The molecule has 0 aromatic heterocycles. The summed E-state index contributed by atoms with van der Waals surface area (Å²) in [6.07, 6.45) is 1.53. The van der Waals surface area contributed by atoms with Gasteiger partial charge in [0.25, 0.3) is 0 Å². The number of rotatable bonds is 4. The van der Waals surface area contributed by atoms with Crippen LogP contribution in [0.1, 0.15) is 12.5 Å². The Hall–Kier alpha value is -1.61. The van der Waals surface area contributed by atoms with Crippen molar-refractivity contribution >= 4 is 11.5 Å². The quantitative estimate of drug-likeness (QED) is 0.726. The molecule has 0 radical (unpaired) electrons. The zero-order valence-electron chi connectivity index (χ0n) is 8.73. The Balaban J connectivity index is 2.64. The van der Waals surface area contributed by atoms with Gasteiger partial charge in [-0.1, -0.05) is 30.3 Å². The van der Waals surface area contributed by atoms with E-state index in [-0.39, 0.29) is 19.1 Å². The van der Waals surface area contributed by atoms with E-state index in [9.17, 15) is 4.79 Å². The largest absolute Gasteiger partial charge is 0.395 e. The highest BCUT2D eigenvalue weighted by Crippen LogP contribution is 2.11. The first kappa shape index (κ1) is 11.5. The molecule has 3 nitrogen and oxygen atoms in total. The zero-order valence-corrected chi connectivity index (χ0v) is 8.73. The van der Waals surface area contributed by atoms with Gasteiger partial charge in [0.2, 0.25) is 5.91 Å². The van der Waals surface area contributed by atoms with Gasteiger partial charge in [-0.15, -0.1) is 0 Å². The van der Waals surface area contributed by atoms with Gasteiger partial charge in [0.15, 0.2) is 0 Å². The van der Waals surface area contributed by atoms with Crippen LogP contribution in [0.5, 0.6) is 0 Å². The Morgan fingerprint density at radius 1 is 1.40 bits per heavy atom. The van der Waals surface area contributed by atoms with E-state index in [1.165, 1.54) is 6.08 Å². The summed E-state index contributed by atoms with van der Waals surface area (Å²) in [6.45, 7) is 2.13. The van der Waals surface area contributed by atoms with Gasteiger partial charge in [-0.2, -0.15) is 0 Å². The molecular weight excluding hydrogens is 190 g/mol. The van der Waals surface area contributed by atoms with Crippen molar-refractivity contribution < 1.29 is 9.90 Å². The third-order valence-electron chi connectivity index (χ3n) is 1.99. The standard InChI is InChI=1S/C12H15NO2/c1-10(9-12(15)13-7-8-14)11-5-3-2-4-6-11/h2-6,9,14H,7-8H2,1H3,(H,13,15)/b10-9+. The average molecular weight is 205 g/mol. The molecule has 0 bridgehead atoms.